The van der Waals surface area contributed by atoms with Gasteiger partial charge in [0.1, 0.15) is 5.82 Å². The highest BCUT2D eigenvalue weighted by atomic mass is 19.1. The van der Waals surface area contributed by atoms with Gasteiger partial charge in [0.2, 0.25) is 0 Å². The number of hydrogen-bond acceptors (Lipinski definition) is 3. The first-order valence-corrected chi connectivity index (χ1v) is 6.29. The molecular weight excluding hydrogens is 272 g/mol. The predicted octanol–water partition coefficient (Wildman–Crippen LogP) is 2.49. The van der Waals surface area contributed by atoms with Crippen LogP contribution < -0.4 is 5.73 Å². The van der Waals surface area contributed by atoms with Crippen LogP contribution >= 0.6 is 0 Å². The van der Waals surface area contributed by atoms with Crippen LogP contribution in [0.4, 0.5) is 10.1 Å². The van der Waals surface area contributed by atoms with Gasteiger partial charge in [0.25, 0.3) is 0 Å². The normalized spacial score (nSPS) is 10.1. The summed E-state index contributed by atoms with van der Waals surface area (Å²) in [5.74, 6) is -1.42. The summed E-state index contributed by atoms with van der Waals surface area (Å²) in [7, 11) is 6.80. The minimum atomic E-state index is -1.19. The monoisotopic (exact) mass is 289 g/mol. The van der Waals surface area contributed by atoms with Gasteiger partial charge in [0, 0.05) is 30.1 Å². The zero-order valence-corrected chi connectivity index (χ0v) is 12.2. The number of anilines is 1. The molecule has 0 atom stereocenters. The molecule has 0 aliphatic carbocycles. The molecule has 0 bridgehead atoms. The van der Waals surface area contributed by atoms with Gasteiger partial charge >= 0.3 is 5.97 Å². The van der Waals surface area contributed by atoms with Crippen LogP contribution in [0, 0.1) is 5.82 Å². The van der Waals surface area contributed by atoms with Crippen LogP contribution in [0.2, 0.25) is 5.82 Å². The maximum absolute atomic E-state index is 13.7. The van der Waals surface area contributed by atoms with Crippen LogP contribution in [0.5, 0.6) is 0 Å². The number of aryl methyl sites for hydroxylation is 1. The maximum Gasteiger partial charge on any atom is 0.337 e. The highest BCUT2D eigenvalue weighted by Gasteiger charge is 2.15. The lowest BCUT2D eigenvalue weighted by atomic mass is 9.93. The summed E-state index contributed by atoms with van der Waals surface area (Å²) in [6, 6.07) is 2.22. The van der Waals surface area contributed by atoms with Gasteiger partial charge in [-0.15, -0.1) is 0 Å². The molecule has 5 nitrogen and oxygen atoms in total. The van der Waals surface area contributed by atoms with Crippen LogP contribution in [0.1, 0.15) is 24.2 Å². The van der Waals surface area contributed by atoms with Crippen LogP contribution in [0.15, 0.2) is 24.5 Å². The molecule has 3 N–H and O–H groups in total. The molecule has 0 amide bonds. The number of nitrogens with two attached hydrogens (primary N) is 1. The van der Waals surface area contributed by atoms with E-state index < -0.39 is 11.8 Å². The molecule has 0 spiro atoms. The molecule has 0 aliphatic rings. The molecule has 2 rings (SSSR count). The first-order valence-electron chi connectivity index (χ1n) is 6.29. The molecule has 21 heavy (non-hydrogen) atoms. The number of rotatable bonds is 2. The molecule has 0 aliphatic heterocycles. The fraction of sp³-hybridized carbons (Fsp3) is 0.286. The molecule has 0 saturated heterocycles. The van der Waals surface area contributed by atoms with Crippen molar-refractivity contribution < 1.29 is 14.3 Å². The molecule has 0 fully saturated rings. The zero-order valence-electron chi connectivity index (χ0n) is 12.2. The predicted molar refractivity (Wildman–Crippen MR) is 80.8 cm³/mol. The second-order valence-corrected chi connectivity index (χ2v) is 4.87. The van der Waals surface area contributed by atoms with E-state index >= 15 is 0 Å². The van der Waals surface area contributed by atoms with Crippen molar-refractivity contribution in [1.29, 1.82) is 0 Å². The van der Waals surface area contributed by atoms with Crippen molar-refractivity contribution in [2.24, 2.45) is 7.05 Å². The van der Waals surface area contributed by atoms with E-state index in [2.05, 4.69) is 5.10 Å². The minimum Gasteiger partial charge on any atom is -0.478 e. The van der Waals surface area contributed by atoms with Crippen molar-refractivity contribution in [2.45, 2.75) is 19.7 Å². The van der Waals surface area contributed by atoms with E-state index in [1.54, 1.807) is 13.2 Å². The Morgan fingerprint density at radius 1 is 1.48 bits per heavy atom. The molecule has 1 aromatic carbocycles. The Kier molecular flexibility index (Phi) is 5.52. The molecule has 7 heteroatoms. The Balaban J connectivity index is 0.000000491. The fourth-order valence-electron chi connectivity index (χ4n) is 1.56. The van der Waals surface area contributed by atoms with Gasteiger partial charge in [-0.25, -0.2) is 9.18 Å². The third-order valence-electron chi connectivity index (χ3n) is 2.39. The summed E-state index contributed by atoms with van der Waals surface area (Å²) >= 11 is 0. The van der Waals surface area contributed by atoms with Crippen LogP contribution in [-0.2, 0) is 7.05 Å². The first kappa shape index (κ1) is 16.7. The molecule has 2 aromatic rings. The lowest BCUT2D eigenvalue weighted by Crippen LogP contribution is -2.03. The summed E-state index contributed by atoms with van der Waals surface area (Å²) in [4.78, 5) is 10.9. The quantitative estimate of drug-likeness (QED) is 0.657. The Labute approximate surface area is 124 Å². The average Bonchev–Trinajstić information content (AvgIpc) is 2.74. The Bertz CT molecular complexity index is 638. The zero-order chi connectivity index (χ0) is 16.2. The number of aromatic carboxylic acids is 1. The number of nitrogens with zero attached hydrogens (tertiary/aromatic N) is 2. The lowest BCUT2D eigenvalue weighted by Gasteiger charge is -2.05. The van der Waals surface area contributed by atoms with Crippen LogP contribution in [-0.4, -0.2) is 28.7 Å². The number of carboxylic acids is 1. The van der Waals surface area contributed by atoms with Gasteiger partial charge in [-0.3, -0.25) is 4.68 Å². The average molecular weight is 289 g/mol. The molecule has 1 aromatic heterocycles. The minimum absolute atomic E-state index is 0.0948. The third kappa shape index (κ3) is 4.63. The molecular formula is C14H17BFN3O2. The highest BCUT2D eigenvalue weighted by Crippen LogP contribution is 2.26. The van der Waals surface area contributed by atoms with E-state index in [1.807, 2.05) is 13.8 Å². The smallest absolute Gasteiger partial charge is 0.337 e. The molecule has 1 heterocycles. The SMILES string of the molecule is Cn1cc(-c2cc(C(=O)O)c(N)cc2F)cn1.[B]C(C)C. The largest absolute Gasteiger partial charge is 0.478 e. The van der Waals surface area contributed by atoms with Crippen molar-refractivity contribution >= 4 is 19.5 Å². The summed E-state index contributed by atoms with van der Waals surface area (Å²) in [6.45, 7) is 3.89. The number of aromatic nitrogens is 2. The van der Waals surface area contributed by atoms with Gasteiger partial charge < -0.3 is 10.8 Å². The van der Waals surface area contributed by atoms with E-state index in [9.17, 15) is 9.18 Å². The van der Waals surface area contributed by atoms with Gasteiger partial charge in [-0.1, -0.05) is 19.7 Å². The van der Waals surface area contributed by atoms with Crippen molar-refractivity contribution in [3.05, 3.63) is 35.9 Å². The summed E-state index contributed by atoms with van der Waals surface area (Å²) < 4.78 is 15.2. The molecule has 0 unspecified atom stereocenters. The number of hydrogen-bond donors (Lipinski definition) is 2. The second-order valence-electron chi connectivity index (χ2n) is 4.87. The van der Waals surface area contributed by atoms with E-state index in [-0.39, 0.29) is 16.8 Å². The van der Waals surface area contributed by atoms with Gasteiger partial charge in [-0.2, -0.15) is 5.10 Å². The molecule has 0 saturated carbocycles. The van der Waals surface area contributed by atoms with Crippen LogP contribution in [0.3, 0.4) is 0 Å². The number of carboxylic acid groups (broad SMARTS) is 1. The van der Waals surface area contributed by atoms with Crippen molar-refractivity contribution in [3.63, 3.8) is 0 Å². The Morgan fingerprint density at radius 3 is 2.48 bits per heavy atom. The van der Waals surface area contributed by atoms with E-state index in [4.69, 9.17) is 18.7 Å². The maximum atomic E-state index is 13.7. The van der Waals surface area contributed by atoms with Crippen LogP contribution in [0.25, 0.3) is 11.1 Å². The van der Waals surface area contributed by atoms with E-state index in [1.165, 1.54) is 16.9 Å². The number of halogens is 1. The highest BCUT2D eigenvalue weighted by molar-refractivity contribution is 6.10. The standard InChI is InChI=1S/C11H10FN3O2.C3H7B/c1-15-5-6(4-14-15)7-2-8(11(16)17)10(13)3-9(7)12;1-3(2)4/h2-5H,13H2,1H3,(H,16,17);3H,1-2H3. The lowest BCUT2D eigenvalue weighted by molar-refractivity contribution is 0.0698. The summed E-state index contributed by atoms with van der Waals surface area (Å²) in [5, 5.41) is 12.8. The van der Waals surface area contributed by atoms with Crippen molar-refractivity contribution in [1.82, 2.24) is 9.78 Å². The van der Waals surface area contributed by atoms with Crippen molar-refractivity contribution in [2.75, 3.05) is 5.73 Å². The van der Waals surface area contributed by atoms with Gasteiger partial charge in [0.15, 0.2) is 0 Å². The third-order valence-corrected chi connectivity index (χ3v) is 2.39. The first-order chi connectivity index (χ1) is 9.72. The Morgan fingerprint density at radius 2 is 2.05 bits per heavy atom. The number of nitrogen functional groups attached to an aromatic ring is 1. The Hall–Kier alpha value is -2.31. The van der Waals surface area contributed by atoms with E-state index in [0.29, 0.717) is 11.4 Å². The van der Waals surface area contributed by atoms with Gasteiger partial charge in [-0.05, 0) is 12.1 Å². The molecule has 110 valence electrons. The molecule has 2 radical (unpaired) electrons. The summed E-state index contributed by atoms with van der Waals surface area (Å²) in [6.07, 6.45) is 3.06. The number of benzene rings is 1. The topological polar surface area (TPSA) is 81.1 Å². The fourth-order valence-corrected chi connectivity index (χ4v) is 1.56. The van der Waals surface area contributed by atoms with Crippen molar-refractivity contribution in [3.8, 4) is 11.1 Å². The number of carbonyl (C=O) groups is 1. The second kappa shape index (κ2) is 6.92. The van der Waals surface area contributed by atoms with E-state index in [0.717, 1.165) is 6.07 Å². The van der Waals surface area contributed by atoms with Gasteiger partial charge in [0.05, 0.1) is 19.6 Å². The summed E-state index contributed by atoms with van der Waals surface area (Å²) in [5.41, 5.74) is 5.90.